The van der Waals surface area contributed by atoms with Gasteiger partial charge in [0.15, 0.2) is 0 Å². The minimum atomic E-state index is -4.48. The van der Waals surface area contributed by atoms with Crippen molar-refractivity contribution in [3.63, 3.8) is 0 Å². The normalized spacial score (nSPS) is 11.3. The SMILES string of the molecule is Cc1c(C(=O)Nc2cccc(C(=O)N(C)C)c2)cnn1-c1cccc(C(F)(F)F)c1. The van der Waals surface area contributed by atoms with E-state index in [-0.39, 0.29) is 17.2 Å². The number of nitrogens with one attached hydrogen (secondary N) is 1. The second kappa shape index (κ2) is 8.02. The molecule has 0 aliphatic carbocycles. The summed E-state index contributed by atoms with van der Waals surface area (Å²) >= 11 is 0. The fourth-order valence-electron chi connectivity index (χ4n) is 2.89. The molecule has 2 amide bonds. The van der Waals surface area contributed by atoms with Crippen LogP contribution in [-0.4, -0.2) is 40.6 Å². The Hall–Kier alpha value is -3.62. The highest BCUT2D eigenvalue weighted by atomic mass is 19.4. The fraction of sp³-hybridized carbons (Fsp3) is 0.190. The average Bonchev–Trinajstić information content (AvgIpc) is 3.08. The number of hydrogen-bond acceptors (Lipinski definition) is 3. The standard InChI is InChI=1S/C21H19F3N4O2/c1-13-18(12-25-28(13)17-9-5-7-15(11-17)21(22,23)24)19(29)26-16-8-4-6-14(10-16)20(30)27(2)3/h4-12H,1-3H3,(H,26,29). The molecule has 9 heteroatoms. The number of halogens is 3. The highest BCUT2D eigenvalue weighted by molar-refractivity contribution is 6.05. The Labute approximate surface area is 170 Å². The Bertz CT molecular complexity index is 1100. The fourth-order valence-corrected chi connectivity index (χ4v) is 2.89. The van der Waals surface area contributed by atoms with Gasteiger partial charge in [0, 0.05) is 25.3 Å². The number of rotatable bonds is 4. The van der Waals surface area contributed by atoms with E-state index in [1.165, 1.54) is 27.9 Å². The molecule has 0 saturated carbocycles. The summed E-state index contributed by atoms with van der Waals surface area (Å²) in [5.41, 5.74) is 0.806. The Morgan fingerprint density at radius 2 is 1.77 bits per heavy atom. The Balaban J connectivity index is 1.86. The number of amides is 2. The lowest BCUT2D eigenvalue weighted by Crippen LogP contribution is -2.22. The zero-order valence-corrected chi connectivity index (χ0v) is 16.5. The van der Waals surface area contributed by atoms with Crippen molar-refractivity contribution in [3.05, 3.63) is 77.1 Å². The lowest BCUT2D eigenvalue weighted by atomic mass is 10.1. The third-order valence-electron chi connectivity index (χ3n) is 4.45. The predicted molar refractivity (Wildman–Crippen MR) is 106 cm³/mol. The molecule has 156 valence electrons. The van der Waals surface area contributed by atoms with Crippen LogP contribution in [0.25, 0.3) is 5.69 Å². The van der Waals surface area contributed by atoms with Crippen molar-refractivity contribution in [2.24, 2.45) is 0 Å². The van der Waals surface area contributed by atoms with E-state index in [4.69, 9.17) is 0 Å². The van der Waals surface area contributed by atoms with E-state index in [1.807, 2.05) is 0 Å². The van der Waals surface area contributed by atoms with E-state index >= 15 is 0 Å². The zero-order valence-electron chi connectivity index (χ0n) is 16.5. The molecule has 0 bridgehead atoms. The first-order chi connectivity index (χ1) is 14.1. The van der Waals surface area contributed by atoms with E-state index in [2.05, 4.69) is 10.4 Å². The summed E-state index contributed by atoms with van der Waals surface area (Å²) in [5.74, 6) is -0.695. The van der Waals surface area contributed by atoms with Crippen molar-refractivity contribution >= 4 is 17.5 Å². The molecule has 3 aromatic rings. The summed E-state index contributed by atoms with van der Waals surface area (Å²) in [6.45, 7) is 1.59. The van der Waals surface area contributed by atoms with Gasteiger partial charge >= 0.3 is 6.18 Å². The number of anilines is 1. The van der Waals surface area contributed by atoms with Crippen molar-refractivity contribution in [1.29, 1.82) is 0 Å². The van der Waals surface area contributed by atoms with Crippen LogP contribution in [0.3, 0.4) is 0 Å². The molecule has 0 spiro atoms. The third-order valence-corrected chi connectivity index (χ3v) is 4.45. The maximum absolute atomic E-state index is 13.0. The van der Waals surface area contributed by atoms with Crippen LogP contribution >= 0.6 is 0 Å². The monoisotopic (exact) mass is 416 g/mol. The highest BCUT2D eigenvalue weighted by Gasteiger charge is 2.30. The quantitative estimate of drug-likeness (QED) is 0.695. The van der Waals surface area contributed by atoms with E-state index in [1.54, 1.807) is 45.3 Å². The summed E-state index contributed by atoms with van der Waals surface area (Å²) in [5, 5.41) is 6.76. The number of alkyl halides is 3. The first kappa shape index (κ1) is 21.1. The van der Waals surface area contributed by atoms with Crippen molar-refractivity contribution in [1.82, 2.24) is 14.7 Å². The van der Waals surface area contributed by atoms with Gasteiger partial charge in [0.2, 0.25) is 0 Å². The topological polar surface area (TPSA) is 67.2 Å². The van der Waals surface area contributed by atoms with Crippen LogP contribution in [0.1, 0.15) is 32.0 Å². The van der Waals surface area contributed by atoms with E-state index in [0.717, 1.165) is 12.1 Å². The van der Waals surface area contributed by atoms with Gasteiger partial charge in [0.1, 0.15) is 0 Å². The maximum Gasteiger partial charge on any atom is 0.416 e. The van der Waals surface area contributed by atoms with Gasteiger partial charge in [-0.3, -0.25) is 9.59 Å². The van der Waals surface area contributed by atoms with E-state index < -0.39 is 17.6 Å². The molecule has 1 heterocycles. The van der Waals surface area contributed by atoms with Gasteiger partial charge in [-0.25, -0.2) is 4.68 Å². The lowest BCUT2D eigenvalue weighted by Gasteiger charge is -2.12. The molecule has 30 heavy (non-hydrogen) atoms. The van der Waals surface area contributed by atoms with Crippen molar-refractivity contribution in [2.75, 3.05) is 19.4 Å². The molecule has 2 aromatic carbocycles. The number of nitrogens with zero attached hydrogens (tertiary/aromatic N) is 3. The van der Waals surface area contributed by atoms with Gasteiger partial charge in [0.05, 0.1) is 28.7 Å². The number of carbonyl (C=O) groups excluding carboxylic acids is 2. The van der Waals surface area contributed by atoms with Crippen LogP contribution < -0.4 is 5.32 Å². The Morgan fingerprint density at radius 3 is 2.43 bits per heavy atom. The molecule has 0 atom stereocenters. The summed E-state index contributed by atoms with van der Waals surface area (Å²) in [7, 11) is 3.25. The van der Waals surface area contributed by atoms with Crippen LogP contribution in [0.15, 0.2) is 54.7 Å². The molecule has 0 radical (unpaired) electrons. The van der Waals surface area contributed by atoms with Crippen LogP contribution in [-0.2, 0) is 6.18 Å². The van der Waals surface area contributed by atoms with Crippen molar-refractivity contribution in [2.45, 2.75) is 13.1 Å². The molecular formula is C21H19F3N4O2. The van der Waals surface area contributed by atoms with Gasteiger partial charge in [-0.1, -0.05) is 12.1 Å². The molecule has 6 nitrogen and oxygen atoms in total. The summed E-state index contributed by atoms with van der Waals surface area (Å²) < 4.78 is 40.2. The molecule has 0 saturated heterocycles. The molecule has 0 aliphatic rings. The molecule has 3 rings (SSSR count). The number of hydrogen-bond donors (Lipinski definition) is 1. The molecule has 0 aliphatic heterocycles. The molecule has 0 unspecified atom stereocenters. The first-order valence-corrected chi connectivity index (χ1v) is 8.93. The van der Waals surface area contributed by atoms with Crippen LogP contribution in [0.2, 0.25) is 0 Å². The Kier molecular flexibility index (Phi) is 5.64. The number of carbonyl (C=O) groups is 2. The second-order valence-electron chi connectivity index (χ2n) is 6.84. The van der Waals surface area contributed by atoms with Crippen LogP contribution in [0.4, 0.5) is 18.9 Å². The largest absolute Gasteiger partial charge is 0.416 e. The molecule has 0 fully saturated rings. The first-order valence-electron chi connectivity index (χ1n) is 8.93. The summed E-state index contributed by atoms with van der Waals surface area (Å²) in [6, 6.07) is 11.2. The molecular weight excluding hydrogens is 397 g/mol. The number of benzene rings is 2. The van der Waals surface area contributed by atoms with Gasteiger partial charge in [-0.15, -0.1) is 0 Å². The van der Waals surface area contributed by atoms with Gasteiger partial charge in [0.25, 0.3) is 11.8 Å². The van der Waals surface area contributed by atoms with Crippen LogP contribution in [0, 0.1) is 6.92 Å². The highest BCUT2D eigenvalue weighted by Crippen LogP contribution is 2.30. The van der Waals surface area contributed by atoms with E-state index in [9.17, 15) is 22.8 Å². The number of aromatic nitrogens is 2. The second-order valence-corrected chi connectivity index (χ2v) is 6.84. The molecule has 1 aromatic heterocycles. The minimum Gasteiger partial charge on any atom is -0.345 e. The minimum absolute atomic E-state index is 0.194. The lowest BCUT2D eigenvalue weighted by molar-refractivity contribution is -0.137. The molecule has 1 N–H and O–H groups in total. The van der Waals surface area contributed by atoms with Crippen molar-refractivity contribution < 1.29 is 22.8 Å². The van der Waals surface area contributed by atoms with E-state index in [0.29, 0.717) is 16.9 Å². The smallest absolute Gasteiger partial charge is 0.345 e. The van der Waals surface area contributed by atoms with Crippen LogP contribution in [0.5, 0.6) is 0 Å². The average molecular weight is 416 g/mol. The predicted octanol–water partition coefficient (Wildman–Crippen LogP) is 4.15. The van der Waals surface area contributed by atoms with Gasteiger partial charge in [-0.05, 0) is 43.3 Å². The summed E-state index contributed by atoms with van der Waals surface area (Å²) in [6.07, 6.45) is -3.19. The Morgan fingerprint density at radius 1 is 1.07 bits per heavy atom. The maximum atomic E-state index is 13.0. The zero-order chi connectivity index (χ0) is 22.1. The van der Waals surface area contributed by atoms with Crippen molar-refractivity contribution in [3.8, 4) is 5.69 Å². The third kappa shape index (κ3) is 4.35. The van der Waals surface area contributed by atoms with Gasteiger partial charge < -0.3 is 10.2 Å². The van der Waals surface area contributed by atoms with Gasteiger partial charge in [-0.2, -0.15) is 18.3 Å². The summed E-state index contributed by atoms with van der Waals surface area (Å²) in [4.78, 5) is 26.2.